The molecule has 0 amide bonds. The van der Waals surface area contributed by atoms with Gasteiger partial charge in [0.2, 0.25) is 0 Å². The maximum Gasteiger partial charge on any atom is 0.142 e. The summed E-state index contributed by atoms with van der Waals surface area (Å²) in [6.45, 7) is 5.88. The van der Waals surface area contributed by atoms with E-state index in [9.17, 15) is 0 Å². The zero-order chi connectivity index (χ0) is 15.0. The quantitative estimate of drug-likeness (QED) is 0.736. The van der Waals surface area contributed by atoms with E-state index in [4.69, 9.17) is 9.72 Å². The fourth-order valence-electron chi connectivity index (χ4n) is 2.94. The van der Waals surface area contributed by atoms with E-state index in [0.717, 1.165) is 30.0 Å². The Labute approximate surface area is 125 Å². The van der Waals surface area contributed by atoms with E-state index < -0.39 is 0 Å². The lowest BCUT2D eigenvalue weighted by molar-refractivity contribution is 0.186. The lowest BCUT2D eigenvalue weighted by Crippen LogP contribution is -2.07. The van der Waals surface area contributed by atoms with Crippen molar-refractivity contribution in [2.75, 3.05) is 13.7 Å². The van der Waals surface area contributed by atoms with Crippen molar-refractivity contribution >= 4 is 11.0 Å². The van der Waals surface area contributed by atoms with E-state index in [0.29, 0.717) is 0 Å². The fraction of sp³-hybridized carbons (Fsp3) is 0.353. The first-order chi connectivity index (χ1) is 10.1. The molecule has 110 valence electrons. The maximum absolute atomic E-state index is 5.20. The van der Waals surface area contributed by atoms with Gasteiger partial charge in [0.1, 0.15) is 5.82 Å². The molecule has 3 rings (SSSR count). The number of rotatable bonds is 4. The minimum Gasteiger partial charge on any atom is -0.383 e. The highest BCUT2D eigenvalue weighted by molar-refractivity contribution is 5.81. The van der Waals surface area contributed by atoms with Crippen molar-refractivity contribution in [3.05, 3.63) is 41.7 Å². The first kappa shape index (κ1) is 13.9. The van der Waals surface area contributed by atoms with Crippen molar-refractivity contribution in [3.8, 4) is 11.4 Å². The summed E-state index contributed by atoms with van der Waals surface area (Å²) in [5, 5.41) is 0. The molecule has 0 atom stereocenters. The highest BCUT2D eigenvalue weighted by atomic mass is 16.5. The van der Waals surface area contributed by atoms with Gasteiger partial charge in [-0.1, -0.05) is 12.1 Å². The summed E-state index contributed by atoms with van der Waals surface area (Å²) < 4.78 is 9.66. The van der Waals surface area contributed by atoms with E-state index in [1.54, 1.807) is 7.11 Å². The van der Waals surface area contributed by atoms with E-state index >= 15 is 0 Å². The van der Waals surface area contributed by atoms with E-state index in [1.165, 1.54) is 17.0 Å². The number of hydrogen-bond donors (Lipinski definition) is 0. The van der Waals surface area contributed by atoms with Gasteiger partial charge in [-0.3, -0.25) is 0 Å². The van der Waals surface area contributed by atoms with Gasteiger partial charge in [0.25, 0.3) is 0 Å². The molecule has 0 radical (unpaired) electrons. The molecule has 4 heteroatoms. The number of fused-ring (bicyclic) bond motifs is 1. The van der Waals surface area contributed by atoms with Gasteiger partial charge in [0.05, 0.1) is 17.6 Å². The Morgan fingerprint density at radius 3 is 2.67 bits per heavy atom. The van der Waals surface area contributed by atoms with E-state index in [1.807, 2.05) is 6.07 Å². The Balaban J connectivity index is 2.12. The molecule has 0 aliphatic carbocycles. The van der Waals surface area contributed by atoms with Crippen LogP contribution in [0.4, 0.5) is 0 Å². The standard InChI is InChI=1S/C17H21N3O/c1-12-11-14(13(2)20(12)9-10-21-4)17-18-15-7-5-6-8-16(15)19(17)3/h5-8,11H,9-10H2,1-4H3. The van der Waals surface area contributed by atoms with Crippen molar-refractivity contribution in [2.24, 2.45) is 7.05 Å². The summed E-state index contributed by atoms with van der Waals surface area (Å²) in [4.78, 5) is 4.80. The maximum atomic E-state index is 5.20. The summed E-state index contributed by atoms with van der Waals surface area (Å²) >= 11 is 0. The Morgan fingerprint density at radius 2 is 1.95 bits per heavy atom. The molecule has 0 fully saturated rings. The molecule has 0 bridgehead atoms. The predicted molar refractivity (Wildman–Crippen MR) is 85.5 cm³/mol. The average molecular weight is 283 g/mol. The van der Waals surface area contributed by atoms with Crippen LogP contribution < -0.4 is 0 Å². The molecule has 21 heavy (non-hydrogen) atoms. The third kappa shape index (κ3) is 2.25. The van der Waals surface area contributed by atoms with Crippen molar-refractivity contribution in [2.45, 2.75) is 20.4 Å². The van der Waals surface area contributed by atoms with Crippen LogP contribution >= 0.6 is 0 Å². The highest BCUT2D eigenvalue weighted by Crippen LogP contribution is 2.28. The normalized spacial score (nSPS) is 11.4. The number of hydrogen-bond acceptors (Lipinski definition) is 2. The number of ether oxygens (including phenoxy) is 1. The van der Waals surface area contributed by atoms with Gasteiger partial charge in [-0.2, -0.15) is 0 Å². The Morgan fingerprint density at radius 1 is 1.19 bits per heavy atom. The van der Waals surface area contributed by atoms with Gasteiger partial charge in [0, 0.05) is 37.7 Å². The number of aryl methyl sites for hydroxylation is 2. The average Bonchev–Trinajstić information content (AvgIpc) is 2.96. The second-order valence-electron chi connectivity index (χ2n) is 5.41. The zero-order valence-electron chi connectivity index (χ0n) is 13.1. The fourth-order valence-corrected chi connectivity index (χ4v) is 2.94. The van der Waals surface area contributed by atoms with Gasteiger partial charge in [-0.25, -0.2) is 4.98 Å². The van der Waals surface area contributed by atoms with Crippen molar-refractivity contribution in [1.29, 1.82) is 0 Å². The number of methoxy groups -OCH3 is 1. The van der Waals surface area contributed by atoms with Gasteiger partial charge >= 0.3 is 0 Å². The van der Waals surface area contributed by atoms with Gasteiger partial charge in [-0.05, 0) is 32.0 Å². The monoisotopic (exact) mass is 283 g/mol. The summed E-state index contributed by atoms with van der Waals surface area (Å²) in [7, 11) is 3.81. The number of aromatic nitrogens is 3. The van der Waals surface area contributed by atoms with Crippen LogP contribution in [-0.2, 0) is 18.3 Å². The molecular weight excluding hydrogens is 262 g/mol. The number of benzene rings is 1. The largest absolute Gasteiger partial charge is 0.383 e. The predicted octanol–water partition coefficient (Wildman–Crippen LogP) is 3.31. The molecular formula is C17H21N3O. The number of nitrogens with zero attached hydrogens (tertiary/aromatic N) is 3. The smallest absolute Gasteiger partial charge is 0.142 e. The third-order valence-corrected chi connectivity index (χ3v) is 4.12. The molecule has 0 saturated heterocycles. The molecule has 0 aliphatic rings. The van der Waals surface area contributed by atoms with Crippen molar-refractivity contribution in [1.82, 2.24) is 14.1 Å². The molecule has 0 spiro atoms. The number of para-hydroxylation sites is 2. The summed E-state index contributed by atoms with van der Waals surface area (Å²) in [6.07, 6.45) is 0. The topological polar surface area (TPSA) is 32.0 Å². The first-order valence-electron chi connectivity index (χ1n) is 7.21. The van der Waals surface area contributed by atoms with E-state index in [2.05, 4.69) is 54.3 Å². The Hall–Kier alpha value is -2.07. The van der Waals surface area contributed by atoms with Crippen molar-refractivity contribution in [3.63, 3.8) is 0 Å². The SMILES string of the molecule is COCCn1c(C)cc(-c2nc3ccccc3n2C)c1C. The van der Waals surface area contributed by atoms with Crippen LogP contribution in [0.25, 0.3) is 22.4 Å². The molecule has 1 aromatic carbocycles. The van der Waals surface area contributed by atoms with E-state index in [-0.39, 0.29) is 0 Å². The highest BCUT2D eigenvalue weighted by Gasteiger charge is 2.16. The van der Waals surface area contributed by atoms with Crippen LogP contribution in [0, 0.1) is 13.8 Å². The molecule has 0 unspecified atom stereocenters. The lowest BCUT2D eigenvalue weighted by atomic mass is 10.2. The minimum absolute atomic E-state index is 0.721. The minimum atomic E-state index is 0.721. The third-order valence-electron chi connectivity index (χ3n) is 4.12. The van der Waals surface area contributed by atoms with Crippen LogP contribution in [0.15, 0.2) is 30.3 Å². The van der Waals surface area contributed by atoms with Gasteiger partial charge < -0.3 is 13.9 Å². The van der Waals surface area contributed by atoms with Crippen molar-refractivity contribution < 1.29 is 4.74 Å². The van der Waals surface area contributed by atoms with Crippen LogP contribution in [-0.4, -0.2) is 27.8 Å². The second-order valence-corrected chi connectivity index (χ2v) is 5.41. The molecule has 0 saturated carbocycles. The van der Waals surface area contributed by atoms with Crippen LogP contribution in [0.5, 0.6) is 0 Å². The molecule has 4 nitrogen and oxygen atoms in total. The molecule has 0 aliphatic heterocycles. The Kier molecular flexibility index (Phi) is 3.55. The lowest BCUT2D eigenvalue weighted by Gasteiger charge is -2.09. The summed E-state index contributed by atoms with van der Waals surface area (Å²) in [5.41, 5.74) is 5.88. The Bertz CT molecular complexity index is 783. The summed E-state index contributed by atoms with van der Waals surface area (Å²) in [5.74, 6) is 1.02. The molecule has 3 aromatic rings. The molecule has 2 aromatic heterocycles. The molecule has 0 N–H and O–H groups in total. The van der Waals surface area contributed by atoms with Gasteiger partial charge in [0.15, 0.2) is 0 Å². The van der Waals surface area contributed by atoms with Crippen LogP contribution in [0.1, 0.15) is 11.4 Å². The van der Waals surface area contributed by atoms with Crippen LogP contribution in [0.3, 0.4) is 0 Å². The zero-order valence-corrected chi connectivity index (χ0v) is 13.1. The first-order valence-corrected chi connectivity index (χ1v) is 7.21. The summed E-state index contributed by atoms with van der Waals surface area (Å²) in [6, 6.07) is 10.5. The van der Waals surface area contributed by atoms with Crippen LogP contribution in [0.2, 0.25) is 0 Å². The second kappa shape index (κ2) is 5.37. The molecule has 2 heterocycles. The van der Waals surface area contributed by atoms with Gasteiger partial charge in [-0.15, -0.1) is 0 Å². The number of imidazole rings is 1.